The van der Waals surface area contributed by atoms with Crippen LogP contribution in [0.1, 0.15) is 92.9 Å². The third-order valence-electron chi connectivity index (χ3n) is 8.81. The molecule has 0 heterocycles. The first-order valence-corrected chi connectivity index (χ1v) is 11.6. The van der Waals surface area contributed by atoms with E-state index in [9.17, 15) is 9.59 Å². The van der Waals surface area contributed by atoms with Gasteiger partial charge in [-0.25, -0.2) is 0 Å². The quantitative estimate of drug-likeness (QED) is 0.436. The van der Waals surface area contributed by atoms with Crippen LogP contribution in [0.4, 0.5) is 0 Å². The van der Waals surface area contributed by atoms with Crippen molar-refractivity contribution in [3.05, 3.63) is 11.6 Å². The van der Waals surface area contributed by atoms with Gasteiger partial charge in [0.15, 0.2) is 0 Å². The van der Waals surface area contributed by atoms with Crippen molar-refractivity contribution in [2.24, 2.45) is 28.6 Å². The van der Waals surface area contributed by atoms with Crippen LogP contribution in [-0.4, -0.2) is 24.1 Å². The van der Waals surface area contributed by atoms with Crippen LogP contribution in [0.3, 0.4) is 0 Å². The second kappa shape index (κ2) is 8.43. The van der Waals surface area contributed by atoms with Gasteiger partial charge >= 0.3 is 11.9 Å². The summed E-state index contributed by atoms with van der Waals surface area (Å²) in [6.07, 6.45) is 10.7. The summed E-state index contributed by atoms with van der Waals surface area (Å²) in [6, 6.07) is 0. The fourth-order valence-electron chi connectivity index (χ4n) is 6.94. The fraction of sp³-hybridized carbons (Fsp3) is 0.840. The summed E-state index contributed by atoms with van der Waals surface area (Å²) in [4.78, 5) is 23.3. The van der Waals surface area contributed by atoms with Gasteiger partial charge in [-0.3, -0.25) is 9.59 Å². The number of hydrogen-bond donors (Lipinski definition) is 0. The molecule has 3 aliphatic carbocycles. The monoisotopic (exact) mass is 404 g/mol. The van der Waals surface area contributed by atoms with Gasteiger partial charge in [-0.1, -0.05) is 32.4 Å². The first-order chi connectivity index (χ1) is 13.6. The molecular weight excluding hydrogens is 364 g/mol. The van der Waals surface area contributed by atoms with Crippen LogP contribution in [0.2, 0.25) is 0 Å². The maximum Gasteiger partial charge on any atom is 0.302 e. The number of ether oxygens (including phenoxy) is 2. The Bertz CT molecular complexity index is 668. The SMILES string of the molecule is CC(=O)O[C@@H]1CC[C@H](OC(C)=O)[C@H](C[C@]2(C)[C@H](C)CC[C@]3(C)C(C)=CCC[C@H]23)C1. The number of carbonyl (C=O) groups is 2. The Balaban J connectivity index is 1.86. The van der Waals surface area contributed by atoms with Crippen molar-refractivity contribution in [1.29, 1.82) is 0 Å². The van der Waals surface area contributed by atoms with Gasteiger partial charge in [0.25, 0.3) is 0 Å². The molecule has 7 atom stereocenters. The van der Waals surface area contributed by atoms with Crippen LogP contribution in [0.25, 0.3) is 0 Å². The smallest absolute Gasteiger partial charge is 0.302 e. The number of esters is 2. The average Bonchev–Trinajstić information content (AvgIpc) is 2.62. The topological polar surface area (TPSA) is 52.6 Å². The minimum atomic E-state index is -0.211. The van der Waals surface area contributed by atoms with Crippen LogP contribution in [0, 0.1) is 28.6 Å². The van der Waals surface area contributed by atoms with Gasteiger partial charge in [0.2, 0.25) is 0 Å². The Kier molecular flexibility index (Phi) is 6.50. The largest absolute Gasteiger partial charge is 0.463 e. The lowest BCUT2D eigenvalue weighted by Crippen LogP contribution is -2.52. The maximum atomic E-state index is 11.8. The lowest BCUT2D eigenvalue weighted by Gasteiger charge is -2.59. The minimum Gasteiger partial charge on any atom is -0.463 e. The third-order valence-corrected chi connectivity index (χ3v) is 8.81. The minimum absolute atomic E-state index is 0.0498. The molecule has 0 aromatic carbocycles. The molecule has 3 rings (SSSR count). The Morgan fingerprint density at radius 1 is 1.07 bits per heavy atom. The van der Waals surface area contributed by atoms with E-state index < -0.39 is 0 Å². The average molecular weight is 405 g/mol. The Hall–Kier alpha value is -1.32. The van der Waals surface area contributed by atoms with Crippen molar-refractivity contribution >= 4 is 11.9 Å². The lowest BCUT2D eigenvalue weighted by molar-refractivity contribution is -0.163. The zero-order chi connectivity index (χ0) is 21.4. The second-order valence-electron chi connectivity index (χ2n) is 10.5. The van der Waals surface area contributed by atoms with E-state index in [0.29, 0.717) is 11.8 Å². The van der Waals surface area contributed by atoms with Crippen LogP contribution in [-0.2, 0) is 19.1 Å². The summed E-state index contributed by atoms with van der Waals surface area (Å²) in [5.41, 5.74) is 2.04. The molecule has 4 heteroatoms. The van der Waals surface area contributed by atoms with Crippen molar-refractivity contribution in [2.45, 2.75) is 105 Å². The van der Waals surface area contributed by atoms with Gasteiger partial charge in [0, 0.05) is 13.8 Å². The summed E-state index contributed by atoms with van der Waals surface area (Å²) in [5, 5.41) is 0. The number of hydrogen-bond acceptors (Lipinski definition) is 4. The Morgan fingerprint density at radius 3 is 2.41 bits per heavy atom. The molecule has 0 aromatic heterocycles. The number of rotatable bonds is 4. The van der Waals surface area contributed by atoms with Gasteiger partial charge in [0.05, 0.1) is 0 Å². The summed E-state index contributed by atoms with van der Waals surface area (Å²) >= 11 is 0. The van der Waals surface area contributed by atoms with E-state index in [2.05, 4.69) is 33.8 Å². The third kappa shape index (κ3) is 4.41. The van der Waals surface area contributed by atoms with Crippen molar-refractivity contribution in [1.82, 2.24) is 0 Å². The van der Waals surface area contributed by atoms with Crippen LogP contribution in [0.5, 0.6) is 0 Å². The molecule has 0 aromatic rings. The van der Waals surface area contributed by atoms with Crippen molar-refractivity contribution in [3.8, 4) is 0 Å². The molecule has 0 radical (unpaired) electrons. The Labute approximate surface area is 176 Å². The van der Waals surface area contributed by atoms with Gasteiger partial charge in [-0.05, 0) is 86.9 Å². The van der Waals surface area contributed by atoms with E-state index in [-0.39, 0.29) is 40.9 Å². The maximum absolute atomic E-state index is 11.8. The normalized spacial score (nSPS) is 42.4. The highest BCUT2D eigenvalue weighted by Crippen LogP contribution is 2.62. The molecule has 0 bridgehead atoms. The number of allylic oxidation sites excluding steroid dienone is 2. The molecule has 0 spiro atoms. The molecule has 0 amide bonds. The van der Waals surface area contributed by atoms with Crippen molar-refractivity contribution in [3.63, 3.8) is 0 Å². The van der Waals surface area contributed by atoms with E-state index in [1.807, 2.05) is 0 Å². The summed E-state index contributed by atoms with van der Waals surface area (Å²) < 4.78 is 11.3. The molecule has 2 saturated carbocycles. The van der Waals surface area contributed by atoms with Gasteiger partial charge in [-0.2, -0.15) is 0 Å². The van der Waals surface area contributed by atoms with Crippen LogP contribution < -0.4 is 0 Å². The van der Waals surface area contributed by atoms with Crippen molar-refractivity contribution < 1.29 is 19.1 Å². The van der Waals surface area contributed by atoms with Gasteiger partial charge < -0.3 is 9.47 Å². The van der Waals surface area contributed by atoms with E-state index in [4.69, 9.17) is 9.47 Å². The zero-order valence-corrected chi connectivity index (χ0v) is 19.3. The lowest BCUT2D eigenvalue weighted by atomic mass is 9.46. The molecule has 4 nitrogen and oxygen atoms in total. The highest BCUT2D eigenvalue weighted by Gasteiger charge is 2.54. The predicted molar refractivity (Wildman–Crippen MR) is 114 cm³/mol. The molecule has 3 aliphatic rings. The molecule has 0 saturated heterocycles. The first kappa shape index (κ1) is 22.4. The predicted octanol–water partition coefficient (Wildman–Crippen LogP) is 5.84. The summed E-state index contributed by atoms with van der Waals surface area (Å²) in [5.74, 6) is 1.12. The molecule has 29 heavy (non-hydrogen) atoms. The standard InChI is InChI=1S/C25H40O4/c1-16-8-7-9-23-24(16,5)13-12-17(2)25(23,6)15-20-14-21(28-18(3)26)10-11-22(20)29-19(4)27/h8,17,20-23H,7,9-15H2,1-6H3/t17-,20+,21-,22+,23+,24-,25-/m1/s1. The fourth-order valence-corrected chi connectivity index (χ4v) is 6.94. The second-order valence-corrected chi connectivity index (χ2v) is 10.5. The molecule has 0 N–H and O–H groups in total. The van der Waals surface area contributed by atoms with E-state index in [1.54, 1.807) is 5.57 Å². The van der Waals surface area contributed by atoms with Gasteiger partial charge in [-0.15, -0.1) is 0 Å². The van der Waals surface area contributed by atoms with E-state index in [0.717, 1.165) is 25.7 Å². The number of carbonyl (C=O) groups excluding carboxylic acids is 2. The number of fused-ring (bicyclic) bond motifs is 1. The van der Waals surface area contributed by atoms with E-state index >= 15 is 0 Å². The van der Waals surface area contributed by atoms with Crippen molar-refractivity contribution in [2.75, 3.05) is 0 Å². The molecule has 164 valence electrons. The van der Waals surface area contributed by atoms with Gasteiger partial charge in [0.1, 0.15) is 12.2 Å². The first-order valence-electron chi connectivity index (χ1n) is 11.6. The Morgan fingerprint density at radius 2 is 1.76 bits per heavy atom. The molecule has 2 fully saturated rings. The van der Waals surface area contributed by atoms with E-state index in [1.165, 1.54) is 39.5 Å². The van der Waals surface area contributed by atoms with Crippen LogP contribution in [0.15, 0.2) is 11.6 Å². The molecular formula is C25H40O4. The highest BCUT2D eigenvalue weighted by molar-refractivity contribution is 5.66. The molecule has 0 aliphatic heterocycles. The zero-order valence-electron chi connectivity index (χ0n) is 19.3. The highest BCUT2D eigenvalue weighted by atomic mass is 16.6. The summed E-state index contributed by atoms with van der Waals surface area (Å²) in [7, 11) is 0. The van der Waals surface area contributed by atoms with Crippen LogP contribution >= 0.6 is 0 Å². The molecule has 0 unspecified atom stereocenters. The summed E-state index contributed by atoms with van der Waals surface area (Å²) in [6.45, 7) is 12.7.